The highest BCUT2D eigenvalue weighted by molar-refractivity contribution is 7.89. The van der Waals surface area contributed by atoms with Gasteiger partial charge in [0, 0.05) is 27.2 Å². The molecule has 1 saturated heterocycles. The minimum Gasteiger partial charge on any atom is -0.497 e. The number of benzene rings is 2. The third-order valence-corrected chi connectivity index (χ3v) is 7.81. The molecular formula is C23H30N4O4S. The SMILES string of the molecule is COc1ccc(CN2CCC(CNS(=O)(=O)c3ccc4c(c3)n(C)c(=O)n4C)CC2)cc1. The maximum absolute atomic E-state index is 12.9. The molecule has 0 atom stereocenters. The van der Waals surface area contributed by atoms with Gasteiger partial charge in [0.2, 0.25) is 10.0 Å². The Labute approximate surface area is 188 Å². The number of piperidine rings is 1. The standard InChI is InChI=1S/C23H30N4O4S/c1-25-21-9-8-20(14-22(21)26(2)23(25)28)32(29,30)24-15-17-10-12-27(13-11-17)16-18-4-6-19(31-3)7-5-18/h4-9,14,17,24H,10-13,15-16H2,1-3H3. The van der Waals surface area contributed by atoms with Crippen LogP contribution in [0.3, 0.4) is 0 Å². The number of hydrogen-bond acceptors (Lipinski definition) is 5. The Hall–Kier alpha value is -2.62. The number of sulfonamides is 1. The van der Waals surface area contributed by atoms with E-state index in [1.807, 2.05) is 12.1 Å². The molecule has 1 aliphatic rings. The maximum atomic E-state index is 12.9. The van der Waals surface area contributed by atoms with Gasteiger partial charge in [0.15, 0.2) is 0 Å². The predicted molar refractivity (Wildman–Crippen MR) is 124 cm³/mol. The van der Waals surface area contributed by atoms with Gasteiger partial charge < -0.3 is 4.74 Å². The van der Waals surface area contributed by atoms with Crippen LogP contribution < -0.4 is 15.1 Å². The van der Waals surface area contributed by atoms with Gasteiger partial charge in [0.1, 0.15) is 5.75 Å². The Morgan fingerprint density at radius 3 is 2.31 bits per heavy atom. The second-order valence-corrected chi connectivity index (χ2v) is 10.2. The molecule has 1 N–H and O–H groups in total. The van der Waals surface area contributed by atoms with E-state index in [4.69, 9.17) is 4.74 Å². The van der Waals surface area contributed by atoms with Crippen LogP contribution in [0.2, 0.25) is 0 Å². The molecule has 1 aromatic heterocycles. The normalized spacial score (nSPS) is 16.0. The van der Waals surface area contributed by atoms with Crippen molar-refractivity contribution < 1.29 is 13.2 Å². The van der Waals surface area contributed by atoms with Crippen LogP contribution in [0.1, 0.15) is 18.4 Å². The fourth-order valence-electron chi connectivity index (χ4n) is 4.30. The number of rotatable bonds is 7. The Morgan fingerprint density at radius 1 is 1.00 bits per heavy atom. The van der Waals surface area contributed by atoms with Gasteiger partial charge >= 0.3 is 5.69 Å². The van der Waals surface area contributed by atoms with Crippen LogP contribution in [0.25, 0.3) is 11.0 Å². The molecule has 1 aliphatic heterocycles. The van der Waals surface area contributed by atoms with E-state index in [0.29, 0.717) is 23.5 Å². The van der Waals surface area contributed by atoms with Crippen LogP contribution >= 0.6 is 0 Å². The average molecular weight is 459 g/mol. The van der Waals surface area contributed by atoms with Gasteiger partial charge in [-0.05, 0) is 67.7 Å². The summed E-state index contributed by atoms with van der Waals surface area (Å²) >= 11 is 0. The quantitative estimate of drug-likeness (QED) is 0.586. The molecule has 3 aromatic rings. The number of methoxy groups -OCH3 is 1. The van der Waals surface area contributed by atoms with Crippen molar-refractivity contribution >= 4 is 21.1 Å². The van der Waals surface area contributed by atoms with E-state index in [9.17, 15) is 13.2 Å². The lowest BCUT2D eigenvalue weighted by atomic mass is 9.97. The summed E-state index contributed by atoms with van der Waals surface area (Å²) in [5.74, 6) is 1.16. The van der Waals surface area contributed by atoms with Crippen molar-refractivity contribution in [3.8, 4) is 5.75 Å². The number of ether oxygens (including phenoxy) is 1. The van der Waals surface area contributed by atoms with Gasteiger partial charge in [-0.3, -0.25) is 14.0 Å². The first-order valence-electron chi connectivity index (χ1n) is 10.8. The molecule has 1 fully saturated rings. The zero-order valence-corrected chi connectivity index (χ0v) is 19.6. The monoisotopic (exact) mass is 458 g/mol. The Morgan fingerprint density at radius 2 is 1.66 bits per heavy atom. The van der Waals surface area contributed by atoms with Crippen LogP contribution in [0.4, 0.5) is 0 Å². The van der Waals surface area contributed by atoms with Gasteiger partial charge in [-0.1, -0.05) is 12.1 Å². The molecule has 2 heterocycles. The highest BCUT2D eigenvalue weighted by Gasteiger charge is 2.23. The van der Waals surface area contributed by atoms with E-state index in [-0.39, 0.29) is 10.6 Å². The molecule has 8 nitrogen and oxygen atoms in total. The zero-order valence-electron chi connectivity index (χ0n) is 18.7. The summed E-state index contributed by atoms with van der Waals surface area (Å²) in [6.07, 6.45) is 1.90. The Balaban J connectivity index is 1.33. The number of aromatic nitrogens is 2. The molecular weight excluding hydrogens is 428 g/mol. The third-order valence-electron chi connectivity index (χ3n) is 6.39. The van der Waals surface area contributed by atoms with Gasteiger partial charge in [0.25, 0.3) is 0 Å². The topological polar surface area (TPSA) is 85.6 Å². The Bertz CT molecular complexity index is 1250. The number of likely N-dealkylation sites (tertiary alicyclic amines) is 1. The highest BCUT2D eigenvalue weighted by Crippen LogP contribution is 2.21. The molecule has 0 saturated carbocycles. The molecule has 9 heteroatoms. The molecule has 0 unspecified atom stereocenters. The van der Waals surface area contributed by atoms with E-state index < -0.39 is 10.0 Å². The lowest BCUT2D eigenvalue weighted by Gasteiger charge is -2.32. The molecule has 0 radical (unpaired) electrons. The molecule has 0 bridgehead atoms. The number of nitrogens with one attached hydrogen (secondary N) is 1. The molecule has 2 aromatic carbocycles. The van der Waals surface area contributed by atoms with Gasteiger partial charge in [-0.2, -0.15) is 0 Å². The van der Waals surface area contributed by atoms with Crippen LogP contribution in [0, 0.1) is 5.92 Å². The first kappa shape index (κ1) is 22.6. The number of aryl methyl sites for hydroxylation is 2. The van der Waals surface area contributed by atoms with Crippen molar-refractivity contribution in [1.82, 2.24) is 18.8 Å². The van der Waals surface area contributed by atoms with Crippen molar-refractivity contribution in [1.29, 1.82) is 0 Å². The van der Waals surface area contributed by atoms with Crippen LogP contribution in [-0.4, -0.2) is 49.2 Å². The molecule has 0 spiro atoms. The first-order valence-corrected chi connectivity index (χ1v) is 12.3. The van der Waals surface area contributed by atoms with E-state index in [1.165, 1.54) is 14.7 Å². The van der Waals surface area contributed by atoms with Crippen LogP contribution in [-0.2, 0) is 30.7 Å². The number of imidazole rings is 1. The molecule has 172 valence electrons. The summed E-state index contributed by atoms with van der Waals surface area (Å²) in [6.45, 7) is 3.19. The van der Waals surface area contributed by atoms with E-state index >= 15 is 0 Å². The summed E-state index contributed by atoms with van der Waals surface area (Å²) < 4.78 is 36.7. The lowest BCUT2D eigenvalue weighted by molar-refractivity contribution is 0.178. The number of nitrogens with zero attached hydrogens (tertiary/aromatic N) is 3. The van der Waals surface area contributed by atoms with Gasteiger partial charge in [-0.25, -0.2) is 17.9 Å². The largest absolute Gasteiger partial charge is 0.497 e. The van der Waals surface area contributed by atoms with E-state index in [1.54, 1.807) is 39.4 Å². The van der Waals surface area contributed by atoms with Gasteiger partial charge in [0.05, 0.1) is 23.0 Å². The second-order valence-electron chi connectivity index (χ2n) is 8.47. The smallest absolute Gasteiger partial charge is 0.328 e. The number of hydrogen-bond donors (Lipinski definition) is 1. The fourth-order valence-corrected chi connectivity index (χ4v) is 5.44. The van der Waals surface area contributed by atoms with Crippen molar-refractivity contribution in [2.24, 2.45) is 20.0 Å². The molecule has 4 rings (SSSR count). The zero-order chi connectivity index (χ0) is 22.9. The summed E-state index contributed by atoms with van der Waals surface area (Å²) in [5.41, 5.74) is 2.38. The van der Waals surface area contributed by atoms with Crippen molar-refractivity contribution in [3.63, 3.8) is 0 Å². The molecule has 32 heavy (non-hydrogen) atoms. The summed E-state index contributed by atoms with van der Waals surface area (Å²) in [6, 6.07) is 12.9. The van der Waals surface area contributed by atoms with Crippen LogP contribution in [0.5, 0.6) is 5.75 Å². The molecule has 0 amide bonds. The van der Waals surface area contributed by atoms with Crippen LogP contribution in [0.15, 0.2) is 52.2 Å². The van der Waals surface area contributed by atoms with E-state index in [2.05, 4.69) is 21.8 Å². The minimum atomic E-state index is -3.64. The van der Waals surface area contributed by atoms with Gasteiger partial charge in [-0.15, -0.1) is 0 Å². The second kappa shape index (κ2) is 9.09. The molecule has 0 aliphatic carbocycles. The van der Waals surface area contributed by atoms with Crippen molar-refractivity contribution in [2.45, 2.75) is 24.3 Å². The summed E-state index contributed by atoms with van der Waals surface area (Å²) in [4.78, 5) is 14.7. The summed E-state index contributed by atoms with van der Waals surface area (Å²) in [7, 11) is 1.35. The fraction of sp³-hybridized carbons (Fsp3) is 0.435. The minimum absolute atomic E-state index is 0.177. The first-order chi connectivity index (χ1) is 15.3. The van der Waals surface area contributed by atoms with Crippen molar-refractivity contribution in [2.75, 3.05) is 26.7 Å². The number of fused-ring (bicyclic) bond motifs is 1. The predicted octanol–water partition coefficient (Wildman–Crippen LogP) is 2.08. The lowest BCUT2D eigenvalue weighted by Crippen LogP contribution is -2.38. The highest BCUT2D eigenvalue weighted by atomic mass is 32.2. The third kappa shape index (κ3) is 4.60. The van der Waals surface area contributed by atoms with Crippen molar-refractivity contribution in [3.05, 3.63) is 58.5 Å². The Kier molecular flexibility index (Phi) is 6.41. The summed E-state index contributed by atoms with van der Waals surface area (Å²) in [5, 5.41) is 0. The maximum Gasteiger partial charge on any atom is 0.328 e. The van der Waals surface area contributed by atoms with E-state index in [0.717, 1.165) is 38.2 Å². The average Bonchev–Trinajstić information content (AvgIpc) is 3.03.